The van der Waals surface area contributed by atoms with Crippen LogP contribution in [0.2, 0.25) is 0 Å². The molecule has 10 aromatic carbocycles. The molecule has 0 aliphatic heterocycles. The van der Waals surface area contributed by atoms with Crippen LogP contribution in [0.4, 0.5) is 13.2 Å². The number of nitriles is 1. The highest BCUT2D eigenvalue weighted by atomic mass is 19.4. The van der Waals surface area contributed by atoms with Crippen molar-refractivity contribution in [3.05, 3.63) is 240 Å². The van der Waals surface area contributed by atoms with Crippen LogP contribution in [0.5, 0.6) is 0 Å². The first-order chi connectivity index (χ1) is 34.9. The van der Waals surface area contributed by atoms with Gasteiger partial charge in [-0.25, -0.2) is 0 Å². The summed E-state index contributed by atoms with van der Waals surface area (Å²) in [5, 5.41) is 13.4. The molecule has 0 radical (unpaired) electrons. The molecule has 2 heterocycles. The molecule has 2 aromatic heterocycles. The zero-order valence-corrected chi connectivity index (χ0v) is 40.1. The summed E-state index contributed by atoms with van der Waals surface area (Å²) in [6.07, 6.45) is -4.88. The molecular weight excluding hydrogens is 892 g/mol. The van der Waals surface area contributed by atoms with Crippen molar-refractivity contribution in [3.63, 3.8) is 0 Å². The van der Waals surface area contributed by atoms with Crippen LogP contribution in [-0.4, -0.2) is 9.13 Å². The highest BCUT2D eigenvalue weighted by Gasteiger charge is 2.40. The summed E-state index contributed by atoms with van der Waals surface area (Å²) >= 11 is 0. The molecule has 0 fully saturated rings. The van der Waals surface area contributed by atoms with Gasteiger partial charge in [-0.2, -0.15) is 18.4 Å². The van der Waals surface area contributed by atoms with Crippen molar-refractivity contribution in [2.24, 2.45) is 0 Å². The van der Waals surface area contributed by atoms with Crippen LogP contribution < -0.4 is 0 Å². The number of benzene rings is 10. The number of aryl methyl sites for hydroxylation is 4. The Morgan fingerprint density at radius 1 is 0.361 bits per heavy atom. The number of aromatic nitrogens is 2. The average molecular weight is 938 g/mol. The molecule has 12 aromatic rings. The molecule has 0 spiro atoms. The Morgan fingerprint density at radius 3 is 1.06 bits per heavy atom. The number of fused-ring (bicyclic) bond motifs is 6. The standard InChI is InChI=1S/C66H46F3N3/c1-40-8-16-45(17-9-40)49-24-29-59-55(35-49)56-36-50(46-18-10-41(2)11-19-46)25-30-60(56)71(59)63-33-28-54(53-7-5-6-44(34-53)39-70)65(64(63)66(67,68)69)72-61-31-26-51(47-20-12-42(3)13-21-47)37-57(61)58-38-52(27-32-62(58)72)48-22-14-43(4)15-23-48/h5-38H,1-4H3. The van der Waals surface area contributed by atoms with Gasteiger partial charge in [0.1, 0.15) is 5.56 Å². The predicted molar refractivity (Wildman–Crippen MR) is 291 cm³/mol. The fraction of sp³-hybridized carbons (Fsp3) is 0.0758. The maximum Gasteiger partial charge on any atom is 0.420 e. The van der Waals surface area contributed by atoms with Gasteiger partial charge in [0.25, 0.3) is 0 Å². The Bertz CT molecular complexity index is 3940. The third-order valence-corrected chi connectivity index (χ3v) is 14.3. The first kappa shape index (κ1) is 44.3. The third kappa shape index (κ3) is 7.62. The number of alkyl halides is 3. The predicted octanol–water partition coefficient (Wildman–Crippen LogP) is 18.3. The summed E-state index contributed by atoms with van der Waals surface area (Å²) in [7, 11) is 0. The van der Waals surface area contributed by atoms with Gasteiger partial charge in [0.15, 0.2) is 0 Å². The zero-order valence-electron chi connectivity index (χ0n) is 40.1. The lowest BCUT2D eigenvalue weighted by molar-refractivity contribution is -0.137. The summed E-state index contributed by atoms with van der Waals surface area (Å²) < 4.78 is 55.0. The Labute approximate surface area is 415 Å². The molecule has 0 atom stereocenters. The van der Waals surface area contributed by atoms with E-state index in [0.717, 1.165) is 88.3 Å². The van der Waals surface area contributed by atoms with E-state index in [1.807, 2.05) is 66.9 Å². The first-order valence-corrected chi connectivity index (χ1v) is 24.1. The van der Waals surface area contributed by atoms with Crippen LogP contribution in [0, 0.1) is 39.0 Å². The summed E-state index contributed by atoms with van der Waals surface area (Å²) in [6.45, 7) is 8.20. The second-order valence-electron chi connectivity index (χ2n) is 19.1. The lowest BCUT2D eigenvalue weighted by Crippen LogP contribution is -2.17. The van der Waals surface area contributed by atoms with Gasteiger partial charge in [0.05, 0.1) is 45.1 Å². The van der Waals surface area contributed by atoms with Crippen molar-refractivity contribution in [1.82, 2.24) is 9.13 Å². The molecule has 0 unspecified atom stereocenters. The maximum atomic E-state index is 17.1. The fourth-order valence-corrected chi connectivity index (χ4v) is 10.5. The van der Waals surface area contributed by atoms with Crippen LogP contribution >= 0.6 is 0 Å². The van der Waals surface area contributed by atoms with Crippen LogP contribution in [0.15, 0.2) is 206 Å². The number of hydrogen-bond donors (Lipinski definition) is 0. The van der Waals surface area contributed by atoms with Gasteiger partial charge in [-0.05, 0) is 144 Å². The molecule has 0 amide bonds. The summed E-state index contributed by atoms with van der Waals surface area (Å²) in [5.41, 5.74) is 15.3. The van der Waals surface area contributed by atoms with E-state index in [0.29, 0.717) is 38.8 Å². The Kier molecular flexibility index (Phi) is 10.6. The Morgan fingerprint density at radius 2 is 0.708 bits per heavy atom. The molecule has 0 aliphatic rings. The van der Waals surface area contributed by atoms with E-state index >= 15 is 13.2 Å². The quantitative estimate of drug-likeness (QED) is 0.157. The molecule has 0 bridgehead atoms. The van der Waals surface area contributed by atoms with Gasteiger partial charge in [0.2, 0.25) is 0 Å². The van der Waals surface area contributed by atoms with Crippen LogP contribution in [-0.2, 0) is 6.18 Å². The molecule has 6 heteroatoms. The minimum atomic E-state index is -4.88. The molecule has 0 aliphatic carbocycles. The van der Waals surface area contributed by atoms with Crippen LogP contribution in [0.25, 0.3) is 111 Å². The van der Waals surface area contributed by atoms with Crippen LogP contribution in [0.3, 0.4) is 0 Å². The number of hydrogen-bond acceptors (Lipinski definition) is 1. The topological polar surface area (TPSA) is 33.6 Å². The van der Waals surface area contributed by atoms with Crippen molar-refractivity contribution in [1.29, 1.82) is 5.26 Å². The van der Waals surface area contributed by atoms with Gasteiger partial charge in [-0.1, -0.05) is 162 Å². The monoisotopic (exact) mass is 937 g/mol. The minimum Gasteiger partial charge on any atom is -0.309 e. The zero-order chi connectivity index (χ0) is 49.4. The SMILES string of the molecule is Cc1ccc(-c2ccc3c(c2)c2cc(-c4ccc(C)cc4)ccc2n3-c2ccc(-c3cccc(C#N)c3)c(-n3c4ccc(-c5ccc(C)cc5)cc4c4cc(-c5ccc(C)cc5)ccc43)c2C(F)(F)F)cc1. The number of rotatable bonds is 7. The van der Waals surface area contributed by atoms with Crippen molar-refractivity contribution in [2.45, 2.75) is 33.9 Å². The second kappa shape index (κ2) is 17.2. The maximum absolute atomic E-state index is 17.1. The van der Waals surface area contributed by atoms with Crippen molar-refractivity contribution in [2.75, 3.05) is 0 Å². The first-order valence-electron chi connectivity index (χ1n) is 24.1. The summed E-state index contributed by atoms with van der Waals surface area (Å²) in [6, 6.07) is 70.0. The number of nitrogens with zero attached hydrogens (tertiary/aromatic N) is 3. The minimum absolute atomic E-state index is 0.00795. The van der Waals surface area contributed by atoms with E-state index in [1.165, 1.54) is 0 Å². The van der Waals surface area contributed by atoms with E-state index in [2.05, 4.69) is 141 Å². The molecule has 0 saturated carbocycles. The molecule has 0 saturated heterocycles. The van der Waals surface area contributed by atoms with Gasteiger partial charge in [-0.15, -0.1) is 0 Å². The Hall–Kier alpha value is -8.92. The lowest BCUT2D eigenvalue weighted by atomic mass is 9.96. The largest absolute Gasteiger partial charge is 0.420 e. The van der Waals surface area contributed by atoms with Crippen LogP contribution in [0.1, 0.15) is 33.4 Å². The number of halogens is 3. The highest BCUT2D eigenvalue weighted by Crippen LogP contribution is 2.49. The molecule has 72 heavy (non-hydrogen) atoms. The van der Waals surface area contributed by atoms with Gasteiger partial charge >= 0.3 is 6.18 Å². The highest BCUT2D eigenvalue weighted by molar-refractivity contribution is 6.14. The molecule has 346 valence electrons. The average Bonchev–Trinajstić information content (AvgIpc) is 3.90. The molecule has 0 N–H and O–H groups in total. The van der Waals surface area contributed by atoms with E-state index in [1.54, 1.807) is 41.0 Å². The van der Waals surface area contributed by atoms with E-state index < -0.39 is 11.7 Å². The summed E-state index contributed by atoms with van der Waals surface area (Å²) in [5.74, 6) is 0. The van der Waals surface area contributed by atoms with Crippen molar-refractivity contribution < 1.29 is 13.2 Å². The van der Waals surface area contributed by atoms with Gasteiger partial charge < -0.3 is 9.13 Å². The van der Waals surface area contributed by atoms with Gasteiger partial charge in [-0.3, -0.25) is 0 Å². The lowest BCUT2D eigenvalue weighted by Gasteiger charge is -2.24. The van der Waals surface area contributed by atoms with E-state index in [9.17, 15) is 5.26 Å². The van der Waals surface area contributed by atoms with Crippen molar-refractivity contribution >= 4 is 43.6 Å². The van der Waals surface area contributed by atoms with E-state index in [-0.39, 0.29) is 11.4 Å². The van der Waals surface area contributed by atoms with Crippen molar-refractivity contribution in [3.8, 4) is 73.1 Å². The normalized spacial score (nSPS) is 11.8. The molecular formula is C66H46F3N3. The fourth-order valence-electron chi connectivity index (χ4n) is 10.5. The molecule has 3 nitrogen and oxygen atoms in total. The van der Waals surface area contributed by atoms with Gasteiger partial charge in [0, 0.05) is 27.1 Å². The second-order valence-corrected chi connectivity index (χ2v) is 19.1. The van der Waals surface area contributed by atoms with E-state index in [4.69, 9.17) is 0 Å². The smallest absolute Gasteiger partial charge is 0.309 e. The summed E-state index contributed by atoms with van der Waals surface area (Å²) in [4.78, 5) is 0. The molecule has 12 rings (SSSR count). The Balaban J connectivity index is 1.20. The third-order valence-electron chi connectivity index (χ3n) is 14.3.